The molecule has 5 heteroatoms. The third kappa shape index (κ3) is 2.83. The fourth-order valence-electron chi connectivity index (χ4n) is 1.98. The van der Waals surface area contributed by atoms with Gasteiger partial charge in [-0.25, -0.2) is 9.97 Å². The van der Waals surface area contributed by atoms with Gasteiger partial charge in [-0.1, -0.05) is 30.3 Å². The summed E-state index contributed by atoms with van der Waals surface area (Å²) in [5.41, 5.74) is 3.26. The van der Waals surface area contributed by atoms with Gasteiger partial charge >= 0.3 is 0 Å². The molecule has 1 N–H and O–H groups in total. The van der Waals surface area contributed by atoms with Crippen LogP contribution in [-0.4, -0.2) is 14.4 Å². The summed E-state index contributed by atoms with van der Waals surface area (Å²) in [4.78, 5) is 8.49. The van der Waals surface area contributed by atoms with Crippen molar-refractivity contribution in [2.45, 2.75) is 13.1 Å². The molecule has 2 heterocycles. The Morgan fingerprint density at radius 2 is 1.89 bits per heavy atom. The Balaban J connectivity index is 1.70. The van der Waals surface area contributed by atoms with Crippen LogP contribution < -0.4 is 5.32 Å². The largest absolute Gasteiger partial charge is 0.307 e. The molecule has 0 aliphatic heterocycles. The lowest BCUT2D eigenvalue weighted by Crippen LogP contribution is -2.14. The van der Waals surface area contributed by atoms with Crippen molar-refractivity contribution in [3.8, 4) is 0 Å². The van der Waals surface area contributed by atoms with Crippen LogP contribution in [-0.2, 0) is 13.1 Å². The average molecular weight is 317 g/mol. The molecule has 96 valence electrons. The van der Waals surface area contributed by atoms with Crippen molar-refractivity contribution in [3.63, 3.8) is 0 Å². The van der Waals surface area contributed by atoms with Gasteiger partial charge in [0.15, 0.2) is 5.65 Å². The number of imidazole rings is 1. The third-order valence-electron chi connectivity index (χ3n) is 2.92. The first kappa shape index (κ1) is 12.3. The highest BCUT2D eigenvalue weighted by Gasteiger charge is 2.03. The standard InChI is InChI=1S/C14H13BrN4/c15-13-10-19-12(8-18-14(19)9-17-13)7-16-6-11-4-2-1-3-5-11/h1-5,8-10,16H,6-7H2. The molecule has 0 saturated heterocycles. The van der Waals surface area contributed by atoms with Crippen LogP contribution in [0.25, 0.3) is 5.65 Å². The van der Waals surface area contributed by atoms with Gasteiger partial charge in [0.05, 0.1) is 18.1 Å². The predicted octanol–water partition coefficient (Wildman–Crippen LogP) is 2.78. The Morgan fingerprint density at radius 3 is 2.74 bits per heavy atom. The van der Waals surface area contributed by atoms with E-state index in [4.69, 9.17) is 0 Å². The van der Waals surface area contributed by atoms with Crippen LogP contribution in [0, 0.1) is 0 Å². The van der Waals surface area contributed by atoms with Crippen LogP contribution in [0.15, 0.2) is 53.5 Å². The Labute approximate surface area is 119 Å². The second kappa shape index (κ2) is 5.50. The van der Waals surface area contributed by atoms with Crippen molar-refractivity contribution in [2.75, 3.05) is 0 Å². The van der Waals surface area contributed by atoms with Gasteiger partial charge in [-0.2, -0.15) is 0 Å². The predicted molar refractivity (Wildman–Crippen MR) is 77.7 cm³/mol. The van der Waals surface area contributed by atoms with Crippen LogP contribution >= 0.6 is 15.9 Å². The molecule has 0 radical (unpaired) electrons. The van der Waals surface area contributed by atoms with Gasteiger partial charge in [0, 0.05) is 19.3 Å². The van der Waals surface area contributed by atoms with Crippen LogP contribution in [0.5, 0.6) is 0 Å². The zero-order valence-electron chi connectivity index (χ0n) is 10.3. The molecular weight excluding hydrogens is 304 g/mol. The van der Waals surface area contributed by atoms with Crippen LogP contribution in [0.3, 0.4) is 0 Å². The van der Waals surface area contributed by atoms with E-state index in [1.807, 2.05) is 35.0 Å². The van der Waals surface area contributed by atoms with Gasteiger partial charge in [0.25, 0.3) is 0 Å². The van der Waals surface area contributed by atoms with Gasteiger partial charge in [0.1, 0.15) is 4.60 Å². The maximum Gasteiger partial charge on any atom is 0.155 e. The van der Waals surface area contributed by atoms with Crippen molar-refractivity contribution in [1.82, 2.24) is 19.7 Å². The maximum atomic E-state index is 4.33. The summed E-state index contributed by atoms with van der Waals surface area (Å²) in [6.45, 7) is 1.62. The molecule has 0 bridgehead atoms. The monoisotopic (exact) mass is 316 g/mol. The minimum Gasteiger partial charge on any atom is -0.307 e. The van der Waals surface area contributed by atoms with E-state index in [2.05, 4.69) is 43.3 Å². The molecule has 2 aromatic heterocycles. The molecule has 0 aliphatic rings. The van der Waals surface area contributed by atoms with Crippen molar-refractivity contribution in [3.05, 3.63) is 64.8 Å². The average Bonchev–Trinajstić information content (AvgIpc) is 2.83. The lowest BCUT2D eigenvalue weighted by atomic mass is 10.2. The van der Waals surface area contributed by atoms with Gasteiger partial charge in [-0.3, -0.25) is 4.40 Å². The quantitative estimate of drug-likeness (QED) is 0.804. The first-order chi connectivity index (χ1) is 9.33. The van der Waals surface area contributed by atoms with E-state index in [9.17, 15) is 0 Å². The van der Waals surface area contributed by atoms with Crippen LogP contribution in [0.4, 0.5) is 0 Å². The Bertz CT molecular complexity index is 678. The molecule has 4 nitrogen and oxygen atoms in total. The molecule has 0 aliphatic carbocycles. The second-order valence-electron chi connectivity index (χ2n) is 4.28. The summed E-state index contributed by atoms with van der Waals surface area (Å²) in [5.74, 6) is 0. The minimum absolute atomic E-state index is 0.770. The van der Waals surface area contributed by atoms with E-state index in [1.165, 1.54) is 5.56 Å². The first-order valence-corrected chi connectivity index (χ1v) is 6.84. The fourth-order valence-corrected chi connectivity index (χ4v) is 2.28. The molecule has 1 aromatic carbocycles. The number of rotatable bonds is 4. The first-order valence-electron chi connectivity index (χ1n) is 6.05. The molecule has 3 rings (SSSR count). The summed E-state index contributed by atoms with van der Waals surface area (Å²) in [7, 11) is 0. The molecular formula is C14H13BrN4. The number of hydrogen-bond donors (Lipinski definition) is 1. The normalized spacial score (nSPS) is 11.0. The number of aromatic nitrogens is 3. The molecule has 0 amide bonds. The summed E-state index contributed by atoms with van der Waals surface area (Å²) >= 11 is 3.38. The van der Waals surface area contributed by atoms with E-state index in [0.717, 1.165) is 29.0 Å². The second-order valence-corrected chi connectivity index (χ2v) is 5.09. The van der Waals surface area contributed by atoms with E-state index < -0.39 is 0 Å². The van der Waals surface area contributed by atoms with E-state index in [1.54, 1.807) is 6.20 Å². The van der Waals surface area contributed by atoms with Crippen molar-refractivity contribution >= 4 is 21.6 Å². The summed E-state index contributed by atoms with van der Waals surface area (Å²) in [5, 5.41) is 3.42. The fraction of sp³-hybridized carbons (Fsp3) is 0.143. The molecule has 0 fully saturated rings. The summed E-state index contributed by atoms with van der Waals surface area (Å²) in [6.07, 6.45) is 5.56. The zero-order valence-corrected chi connectivity index (χ0v) is 11.8. The third-order valence-corrected chi connectivity index (χ3v) is 3.33. The van der Waals surface area contributed by atoms with Gasteiger partial charge in [-0.15, -0.1) is 0 Å². The van der Waals surface area contributed by atoms with E-state index in [0.29, 0.717) is 0 Å². The number of nitrogens with zero attached hydrogens (tertiary/aromatic N) is 3. The number of benzene rings is 1. The van der Waals surface area contributed by atoms with E-state index >= 15 is 0 Å². The molecule has 3 aromatic rings. The summed E-state index contributed by atoms with van der Waals surface area (Å²) in [6, 6.07) is 10.4. The lowest BCUT2D eigenvalue weighted by molar-refractivity contribution is 0.675. The Kier molecular flexibility index (Phi) is 3.57. The molecule has 0 saturated carbocycles. The van der Waals surface area contributed by atoms with Gasteiger partial charge in [0.2, 0.25) is 0 Å². The minimum atomic E-state index is 0.770. The molecule has 0 unspecified atom stereocenters. The van der Waals surface area contributed by atoms with Crippen molar-refractivity contribution < 1.29 is 0 Å². The maximum absolute atomic E-state index is 4.33. The number of hydrogen-bond acceptors (Lipinski definition) is 3. The molecule has 19 heavy (non-hydrogen) atoms. The van der Waals surface area contributed by atoms with Gasteiger partial charge in [-0.05, 0) is 21.5 Å². The number of nitrogens with one attached hydrogen (secondary N) is 1. The lowest BCUT2D eigenvalue weighted by Gasteiger charge is -2.05. The number of halogens is 1. The molecule has 0 atom stereocenters. The zero-order chi connectivity index (χ0) is 13.1. The van der Waals surface area contributed by atoms with Gasteiger partial charge < -0.3 is 5.32 Å². The highest BCUT2D eigenvalue weighted by atomic mass is 79.9. The highest BCUT2D eigenvalue weighted by molar-refractivity contribution is 9.10. The van der Waals surface area contributed by atoms with E-state index in [-0.39, 0.29) is 0 Å². The highest BCUT2D eigenvalue weighted by Crippen LogP contribution is 2.10. The van der Waals surface area contributed by atoms with Crippen LogP contribution in [0.1, 0.15) is 11.3 Å². The summed E-state index contributed by atoms with van der Waals surface area (Å²) < 4.78 is 2.84. The Morgan fingerprint density at radius 1 is 1.05 bits per heavy atom. The SMILES string of the molecule is Brc1cn2c(CNCc3ccccc3)cnc2cn1. The van der Waals surface area contributed by atoms with Crippen molar-refractivity contribution in [2.24, 2.45) is 0 Å². The molecule has 0 spiro atoms. The van der Waals surface area contributed by atoms with Crippen molar-refractivity contribution in [1.29, 1.82) is 0 Å². The Hall–Kier alpha value is -1.72. The van der Waals surface area contributed by atoms with Crippen LogP contribution in [0.2, 0.25) is 0 Å². The topological polar surface area (TPSA) is 42.2 Å². The number of fused-ring (bicyclic) bond motifs is 1. The smallest absolute Gasteiger partial charge is 0.155 e.